The summed E-state index contributed by atoms with van der Waals surface area (Å²) in [7, 11) is -3.51. The van der Waals surface area contributed by atoms with Gasteiger partial charge in [-0.2, -0.15) is 4.31 Å². The van der Waals surface area contributed by atoms with Crippen molar-refractivity contribution in [3.8, 4) is 0 Å². The van der Waals surface area contributed by atoms with E-state index in [4.69, 9.17) is 4.74 Å². The van der Waals surface area contributed by atoms with Crippen LogP contribution in [-0.4, -0.2) is 49.2 Å². The number of carbonyl (C=O) groups is 2. The van der Waals surface area contributed by atoms with Crippen molar-refractivity contribution in [3.63, 3.8) is 0 Å². The van der Waals surface area contributed by atoms with E-state index in [1.165, 1.54) is 40.8 Å². The van der Waals surface area contributed by atoms with Crippen molar-refractivity contribution in [2.75, 3.05) is 24.5 Å². The molecular weight excluding hydrogens is 438 g/mol. The van der Waals surface area contributed by atoms with Crippen LogP contribution in [-0.2, 0) is 31.0 Å². The van der Waals surface area contributed by atoms with Crippen molar-refractivity contribution < 1.29 is 22.7 Å². The Hall–Kier alpha value is -2.56. The van der Waals surface area contributed by atoms with Crippen LogP contribution in [0.15, 0.2) is 40.6 Å². The number of benzene rings is 1. The van der Waals surface area contributed by atoms with Gasteiger partial charge >= 0.3 is 5.97 Å². The maximum atomic E-state index is 12.5. The van der Waals surface area contributed by atoms with Gasteiger partial charge in [0.2, 0.25) is 15.9 Å². The lowest BCUT2D eigenvalue weighted by molar-refractivity contribution is -0.139. The molecular formula is C21H27N3O5S2. The average Bonchev–Trinajstić information content (AvgIpc) is 3.20. The molecule has 10 heteroatoms. The summed E-state index contributed by atoms with van der Waals surface area (Å²) < 4.78 is 31.6. The molecule has 0 aliphatic rings. The number of sulfonamides is 1. The first kappa shape index (κ1) is 24.7. The first-order chi connectivity index (χ1) is 14.7. The van der Waals surface area contributed by atoms with Gasteiger partial charge in [-0.25, -0.2) is 18.2 Å². The van der Waals surface area contributed by atoms with Crippen LogP contribution in [0.5, 0.6) is 0 Å². The fraction of sp³-hybridized carbons (Fsp3) is 0.381. The van der Waals surface area contributed by atoms with Crippen LogP contribution in [0, 0.1) is 0 Å². The average molecular weight is 466 g/mol. The number of carbonyl (C=O) groups excluding carboxylic acids is 2. The van der Waals surface area contributed by atoms with E-state index in [2.05, 4.69) is 4.98 Å². The van der Waals surface area contributed by atoms with Crippen molar-refractivity contribution in [1.29, 1.82) is 0 Å². The fourth-order valence-electron chi connectivity index (χ4n) is 2.80. The molecule has 2 aromatic rings. The number of aromatic nitrogens is 1. The maximum absolute atomic E-state index is 12.5. The van der Waals surface area contributed by atoms with Crippen molar-refractivity contribution in [2.24, 2.45) is 0 Å². The Kier molecular flexibility index (Phi) is 8.90. The maximum Gasteiger partial charge on any atom is 0.331 e. The minimum absolute atomic E-state index is 0.00379. The molecule has 1 aromatic carbocycles. The van der Waals surface area contributed by atoms with E-state index in [9.17, 15) is 18.0 Å². The lowest BCUT2D eigenvalue weighted by Crippen LogP contribution is -2.30. The molecule has 1 amide bonds. The van der Waals surface area contributed by atoms with Crippen LogP contribution in [0.1, 0.15) is 39.0 Å². The first-order valence-electron chi connectivity index (χ1n) is 9.90. The number of anilines is 1. The standard InChI is InChI=1S/C21H27N3O5S2/c1-5-23(6-2)31(27,28)19-11-8-17(9-12-19)10-13-20(26)29-14-18-15-30-21(22-18)24(7-3)16(4)25/h8-13,15H,5-7,14H2,1-4H3/b13-10+. The van der Waals surface area contributed by atoms with E-state index in [1.807, 2.05) is 6.92 Å². The number of amides is 1. The summed E-state index contributed by atoms with van der Waals surface area (Å²) in [5.41, 5.74) is 1.24. The van der Waals surface area contributed by atoms with Crippen LogP contribution in [0.2, 0.25) is 0 Å². The summed E-state index contributed by atoms with van der Waals surface area (Å²) >= 11 is 1.31. The lowest BCUT2D eigenvalue weighted by Gasteiger charge is -2.18. The third-order valence-corrected chi connectivity index (χ3v) is 7.44. The van der Waals surface area contributed by atoms with E-state index in [0.29, 0.717) is 36.0 Å². The monoisotopic (exact) mass is 465 g/mol. The summed E-state index contributed by atoms with van der Waals surface area (Å²) in [5.74, 6) is -0.646. The largest absolute Gasteiger partial charge is 0.456 e. The summed E-state index contributed by atoms with van der Waals surface area (Å²) in [5, 5.41) is 2.31. The molecule has 0 atom stereocenters. The number of hydrogen-bond donors (Lipinski definition) is 0. The molecule has 8 nitrogen and oxygen atoms in total. The van der Waals surface area contributed by atoms with Crippen molar-refractivity contribution in [2.45, 2.75) is 39.2 Å². The van der Waals surface area contributed by atoms with Crippen LogP contribution >= 0.6 is 11.3 Å². The van der Waals surface area contributed by atoms with Crippen molar-refractivity contribution >= 4 is 44.4 Å². The van der Waals surface area contributed by atoms with Gasteiger partial charge < -0.3 is 4.74 Å². The summed E-state index contributed by atoms with van der Waals surface area (Å²) in [4.78, 5) is 29.6. The quantitative estimate of drug-likeness (QED) is 0.395. The Morgan fingerprint density at radius 2 is 1.74 bits per heavy atom. The number of nitrogens with zero attached hydrogens (tertiary/aromatic N) is 3. The van der Waals surface area contributed by atoms with Gasteiger partial charge in [0.05, 0.1) is 10.6 Å². The number of esters is 1. The van der Waals surface area contributed by atoms with Crippen molar-refractivity contribution in [1.82, 2.24) is 9.29 Å². The third-order valence-electron chi connectivity index (χ3n) is 4.46. The lowest BCUT2D eigenvalue weighted by atomic mass is 10.2. The second-order valence-corrected chi connectivity index (χ2v) is 9.26. The predicted molar refractivity (Wildman–Crippen MR) is 121 cm³/mol. The molecule has 1 heterocycles. The van der Waals surface area contributed by atoms with Crippen LogP contribution < -0.4 is 4.90 Å². The molecule has 0 unspecified atom stereocenters. The Balaban J connectivity index is 1.95. The van der Waals surface area contributed by atoms with E-state index < -0.39 is 16.0 Å². The normalized spacial score (nSPS) is 11.8. The van der Waals surface area contributed by atoms with Crippen LogP contribution in [0.4, 0.5) is 5.13 Å². The summed E-state index contributed by atoms with van der Waals surface area (Å²) in [6.07, 6.45) is 2.83. The van der Waals surface area contributed by atoms with E-state index >= 15 is 0 Å². The molecule has 2 rings (SSSR count). The molecule has 0 N–H and O–H groups in total. The zero-order valence-corrected chi connectivity index (χ0v) is 19.7. The molecule has 0 saturated carbocycles. The molecule has 0 spiro atoms. The molecule has 0 aliphatic carbocycles. The van der Waals surface area contributed by atoms with Gasteiger partial charge in [-0.05, 0) is 30.7 Å². The smallest absolute Gasteiger partial charge is 0.331 e. The Morgan fingerprint density at radius 3 is 2.29 bits per heavy atom. The van der Waals surface area contributed by atoms with E-state index in [0.717, 1.165) is 0 Å². The van der Waals surface area contributed by atoms with Gasteiger partial charge in [0, 0.05) is 38.0 Å². The second kappa shape index (κ2) is 11.2. The summed E-state index contributed by atoms with van der Waals surface area (Å²) in [6, 6.07) is 6.30. The fourth-order valence-corrected chi connectivity index (χ4v) is 5.18. The number of hydrogen-bond acceptors (Lipinski definition) is 7. The molecule has 168 valence electrons. The number of ether oxygens (including phenoxy) is 1. The molecule has 0 saturated heterocycles. The molecule has 0 fully saturated rings. The first-order valence-corrected chi connectivity index (χ1v) is 12.2. The zero-order valence-electron chi connectivity index (χ0n) is 18.1. The van der Waals surface area contributed by atoms with Gasteiger partial charge in [0.15, 0.2) is 5.13 Å². The molecule has 0 aliphatic heterocycles. The number of rotatable bonds is 10. The third kappa shape index (κ3) is 6.46. The minimum Gasteiger partial charge on any atom is -0.456 e. The minimum atomic E-state index is -3.51. The number of thiazole rings is 1. The van der Waals surface area contributed by atoms with Crippen molar-refractivity contribution in [3.05, 3.63) is 47.0 Å². The van der Waals surface area contributed by atoms with Gasteiger partial charge in [-0.1, -0.05) is 26.0 Å². The highest BCUT2D eigenvalue weighted by atomic mass is 32.2. The van der Waals surface area contributed by atoms with Gasteiger partial charge in [-0.15, -0.1) is 11.3 Å². The summed E-state index contributed by atoms with van der Waals surface area (Å²) in [6.45, 7) is 8.23. The molecule has 1 aromatic heterocycles. The molecule has 31 heavy (non-hydrogen) atoms. The highest BCUT2D eigenvalue weighted by molar-refractivity contribution is 7.89. The Morgan fingerprint density at radius 1 is 1.10 bits per heavy atom. The Labute approximate surface area is 187 Å². The SMILES string of the molecule is CCN(C(C)=O)c1nc(COC(=O)/C=C/c2ccc(S(=O)(=O)N(CC)CC)cc2)cs1. The molecule has 0 bridgehead atoms. The second-order valence-electron chi connectivity index (χ2n) is 6.48. The highest BCUT2D eigenvalue weighted by Crippen LogP contribution is 2.21. The topological polar surface area (TPSA) is 96.9 Å². The predicted octanol–water partition coefficient (Wildman–Crippen LogP) is 3.30. The highest BCUT2D eigenvalue weighted by Gasteiger charge is 2.21. The van der Waals surface area contributed by atoms with Crippen LogP contribution in [0.25, 0.3) is 6.08 Å². The Bertz CT molecular complexity index is 1030. The zero-order chi connectivity index (χ0) is 23.0. The van der Waals surface area contributed by atoms with Crippen LogP contribution in [0.3, 0.4) is 0 Å². The van der Waals surface area contributed by atoms with Gasteiger partial charge in [0.1, 0.15) is 6.61 Å². The van der Waals surface area contributed by atoms with Gasteiger partial charge in [-0.3, -0.25) is 9.69 Å². The molecule has 0 radical (unpaired) electrons. The van der Waals surface area contributed by atoms with E-state index in [1.54, 1.807) is 42.3 Å². The van der Waals surface area contributed by atoms with Gasteiger partial charge in [0.25, 0.3) is 0 Å². The van der Waals surface area contributed by atoms with E-state index in [-0.39, 0.29) is 17.4 Å².